The van der Waals surface area contributed by atoms with Gasteiger partial charge >= 0.3 is 0 Å². The molecule has 200 valence electrons. The highest BCUT2D eigenvalue weighted by Gasteiger charge is 2.53. The molecule has 7 N–H and O–H groups in total. The molecule has 0 aromatic heterocycles. The number of likely N-dealkylation sites (tertiary alicyclic amines) is 2. The van der Waals surface area contributed by atoms with E-state index in [9.17, 15) is 10.2 Å². The number of nitrogens with two attached hydrogens (primary N) is 1. The van der Waals surface area contributed by atoms with Crippen molar-refractivity contribution in [3.05, 3.63) is 71.8 Å². The molecule has 6 nitrogen and oxygen atoms in total. The first-order chi connectivity index (χ1) is 16.4. The summed E-state index contributed by atoms with van der Waals surface area (Å²) in [6.07, 6.45) is 1.43. The van der Waals surface area contributed by atoms with Crippen LogP contribution in [0.3, 0.4) is 0 Å². The van der Waals surface area contributed by atoms with E-state index >= 15 is 0 Å². The van der Waals surface area contributed by atoms with E-state index in [2.05, 4.69) is 94.2 Å². The van der Waals surface area contributed by atoms with Crippen LogP contribution in [-0.4, -0.2) is 68.3 Å². The van der Waals surface area contributed by atoms with Crippen LogP contribution in [0, 0.1) is 11.8 Å². The lowest BCUT2D eigenvalue weighted by Crippen LogP contribution is -2.46. The van der Waals surface area contributed by atoms with Crippen LogP contribution >= 0.6 is 32.9 Å². The SMILES string of the molecule is Br.C[C@@H](c1ccccc1)N1C[C@H]2C[C@H](O)[C@@H]1[C@@H]2Br.C[C@@H](c1ccccc1)N1C[C@H]2C[C@H](O)[C@@H]1[C@@H]2N.N. The van der Waals surface area contributed by atoms with E-state index in [0.29, 0.717) is 28.7 Å². The fourth-order valence-corrected chi connectivity index (χ4v) is 7.93. The van der Waals surface area contributed by atoms with Crippen molar-refractivity contribution >= 4 is 32.9 Å². The third-order valence-electron chi connectivity index (χ3n) is 8.81. The molecule has 2 heterocycles. The van der Waals surface area contributed by atoms with Gasteiger partial charge in [0.05, 0.1) is 18.2 Å². The van der Waals surface area contributed by atoms with Gasteiger partial charge in [-0.15, -0.1) is 17.0 Å². The van der Waals surface area contributed by atoms with Crippen molar-refractivity contribution in [1.82, 2.24) is 16.0 Å². The van der Waals surface area contributed by atoms with Gasteiger partial charge in [-0.3, -0.25) is 9.80 Å². The molecule has 2 saturated heterocycles. The monoisotopic (exact) mass is 624 g/mol. The zero-order chi connectivity index (χ0) is 24.0. The molecule has 8 heteroatoms. The average Bonchev–Trinajstić information content (AvgIpc) is 3.53. The van der Waals surface area contributed by atoms with E-state index in [1.54, 1.807) is 0 Å². The Hall–Kier alpha value is -0.840. The van der Waals surface area contributed by atoms with Crippen molar-refractivity contribution in [1.29, 1.82) is 0 Å². The van der Waals surface area contributed by atoms with Crippen molar-refractivity contribution in [2.24, 2.45) is 17.6 Å². The molecule has 4 aliphatic rings. The maximum absolute atomic E-state index is 10.1. The topological polar surface area (TPSA) is 108 Å². The molecule has 6 rings (SSSR count). The first-order valence-corrected chi connectivity index (χ1v) is 13.7. The maximum Gasteiger partial charge on any atom is 0.0714 e. The molecule has 0 radical (unpaired) electrons. The Labute approximate surface area is 234 Å². The minimum absolute atomic E-state index is 0. The highest BCUT2D eigenvalue weighted by molar-refractivity contribution is 9.09. The Morgan fingerprint density at radius 3 is 1.61 bits per heavy atom. The number of benzene rings is 2. The molecular formula is C28H42Br2N4O2. The van der Waals surface area contributed by atoms with E-state index in [1.807, 2.05) is 6.07 Å². The van der Waals surface area contributed by atoms with Gasteiger partial charge in [-0.05, 0) is 49.7 Å². The predicted molar refractivity (Wildman–Crippen MR) is 155 cm³/mol. The largest absolute Gasteiger partial charge is 0.391 e. The molecule has 2 aromatic rings. The molecule has 4 fully saturated rings. The molecule has 0 unspecified atom stereocenters. The summed E-state index contributed by atoms with van der Waals surface area (Å²) < 4.78 is 0. The Morgan fingerprint density at radius 2 is 1.19 bits per heavy atom. The zero-order valence-corrected chi connectivity index (χ0v) is 24.5. The molecule has 4 bridgehead atoms. The molecule has 2 aromatic carbocycles. The van der Waals surface area contributed by atoms with Gasteiger partial charge < -0.3 is 22.1 Å². The first kappa shape index (κ1) is 29.7. The van der Waals surface area contributed by atoms with E-state index in [1.165, 1.54) is 11.1 Å². The number of halogens is 2. The third-order valence-corrected chi connectivity index (χ3v) is 10.1. The molecule has 0 spiro atoms. The van der Waals surface area contributed by atoms with Crippen molar-refractivity contribution in [2.45, 2.75) is 73.9 Å². The van der Waals surface area contributed by atoms with Crippen LogP contribution in [0.25, 0.3) is 0 Å². The maximum atomic E-state index is 10.1. The van der Waals surface area contributed by atoms with E-state index in [0.717, 1.165) is 25.9 Å². The lowest BCUT2D eigenvalue weighted by atomic mass is 10.0. The fourth-order valence-electron chi connectivity index (χ4n) is 6.89. The van der Waals surface area contributed by atoms with Crippen LogP contribution in [0.4, 0.5) is 0 Å². The number of piperidine rings is 2. The van der Waals surface area contributed by atoms with Crippen LogP contribution in [0.5, 0.6) is 0 Å². The highest BCUT2D eigenvalue weighted by atomic mass is 79.9. The minimum atomic E-state index is -0.241. The fraction of sp³-hybridized carbons (Fsp3) is 0.571. The second kappa shape index (κ2) is 12.3. The summed E-state index contributed by atoms with van der Waals surface area (Å²) in [6, 6.07) is 22.3. The van der Waals surface area contributed by atoms with Crippen molar-refractivity contribution in [3.63, 3.8) is 0 Å². The number of hydrogen-bond acceptors (Lipinski definition) is 6. The van der Waals surface area contributed by atoms with Crippen molar-refractivity contribution in [2.75, 3.05) is 13.1 Å². The minimum Gasteiger partial charge on any atom is -0.391 e. The van der Waals surface area contributed by atoms with Gasteiger partial charge in [0.2, 0.25) is 0 Å². The van der Waals surface area contributed by atoms with Gasteiger partial charge in [0, 0.05) is 42.1 Å². The Bertz CT molecular complexity index is 878. The smallest absolute Gasteiger partial charge is 0.0714 e. The van der Waals surface area contributed by atoms with Crippen LogP contribution < -0.4 is 11.9 Å². The molecule has 2 saturated carbocycles. The van der Waals surface area contributed by atoms with Crippen molar-refractivity contribution < 1.29 is 10.2 Å². The van der Waals surface area contributed by atoms with Gasteiger partial charge in [0.25, 0.3) is 0 Å². The Balaban J connectivity index is 0.000000190. The van der Waals surface area contributed by atoms with Crippen LogP contribution in [-0.2, 0) is 0 Å². The molecule has 2 aliphatic carbocycles. The lowest BCUT2D eigenvalue weighted by molar-refractivity contribution is 0.0345. The number of fused-ring (bicyclic) bond motifs is 4. The van der Waals surface area contributed by atoms with Gasteiger partial charge in [-0.25, -0.2) is 0 Å². The highest BCUT2D eigenvalue weighted by Crippen LogP contribution is 2.46. The predicted octanol–water partition coefficient (Wildman–Crippen LogP) is 4.46. The number of nitrogens with zero attached hydrogens (tertiary/aromatic N) is 2. The number of aliphatic hydroxyl groups is 2. The summed E-state index contributed by atoms with van der Waals surface area (Å²) in [7, 11) is 0. The van der Waals surface area contributed by atoms with Gasteiger partial charge in [-0.1, -0.05) is 76.6 Å². The van der Waals surface area contributed by atoms with Crippen LogP contribution in [0.2, 0.25) is 0 Å². The van der Waals surface area contributed by atoms with E-state index < -0.39 is 0 Å². The summed E-state index contributed by atoms with van der Waals surface area (Å²) >= 11 is 3.75. The molecule has 36 heavy (non-hydrogen) atoms. The summed E-state index contributed by atoms with van der Waals surface area (Å²) in [4.78, 5) is 5.29. The Morgan fingerprint density at radius 1 is 0.778 bits per heavy atom. The first-order valence-electron chi connectivity index (χ1n) is 12.7. The number of aliphatic hydroxyl groups excluding tert-OH is 2. The van der Waals surface area contributed by atoms with Gasteiger partial charge in [-0.2, -0.15) is 0 Å². The standard InChI is InChI=1S/C14H18BrNO.C14H20N2O.BrH.H3N/c2*1-9(10-5-3-2-4-6-10)16-8-11-7-12(17)14(16)13(11)15;;/h2-6,9,11-14,17H,7-8H2,1H3;2-6,9,11-14,17H,7-8,15H2,1H3;1H;1H3/t2*9-,11+,12-,13+,14+;;/m00../s1. The summed E-state index contributed by atoms with van der Waals surface area (Å²) in [6.45, 7) is 6.57. The Kier molecular flexibility index (Phi) is 10.2. The third kappa shape index (κ3) is 5.47. The number of hydrogen-bond donors (Lipinski definition) is 4. The zero-order valence-electron chi connectivity index (χ0n) is 21.2. The van der Waals surface area contributed by atoms with Crippen molar-refractivity contribution in [3.8, 4) is 0 Å². The molecule has 0 amide bonds. The normalized spacial score (nSPS) is 36.4. The second-order valence-electron chi connectivity index (χ2n) is 10.7. The molecular weight excluding hydrogens is 584 g/mol. The number of rotatable bonds is 4. The van der Waals surface area contributed by atoms with Crippen LogP contribution in [0.15, 0.2) is 60.7 Å². The summed E-state index contributed by atoms with van der Waals surface area (Å²) in [5.74, 6) is 1.09. The van der Waals surface area contributed by atoms with Gasteiger partial charge in [0.1, 0.15) is 0 Å². The summed E-state index contributed by atoms with van der Waals surface area (Å²) in [5, 5.41) is 20.1. The average molecular weight is 626 g/mol. The summed E-state index contributed by atoms with van der Waals surface area (Å²) in [5.41, 5.74) is 8.82. The van der Waals surface area contributed by atoms with E-state index in [4.69, 9.17) is 5.73 Å². The van der Waals surface area contributed by atoms with Gasteiger partial charge in [0.15, 0.2) is 0 Å². The van der Waals surface area contributed by atoms with E-state index in [-0.39, 0.29) is 53.5 Å². The quantitative estimate of drug-likeness (QED) is 0.374. The molecule has 10 atom stereocenters. The van der Waals surface area contributed by atoms with Crippen LogP contribution in [0.1, 0.15) is 49.9 Å². The second-order valence-corrected chi connectivity index (χ2v) is 11.8. The number of alkyl halides is 1. The lowest BCUT2D eigenvalue weighted by Gasteiger charge is -2.35. The molecule has 2 aliphatic heterocycles.